The summed E-state index contributed by atoms with van der Waals surface area (Å²) in [5, 5.41) is 0. The lowest BCUT2D eigenvalue weighted by Crippen LogP contribution is -2.28. The zero-order chi connectivity index (χ0) is 42.3. The van der Waals surface area contributed by atoms with Crippen molar-refractivity contribution in [2.45, 2.75) is 213 Å². The average molecular weight is 836 g/mol. The Balaban J connectivity index is 3.97. The van der Waals surface area contributed by atoms with Crippen LogP contribution in [-0.4, -0.2) is 49.9 Å². The van der Waals surface area contributed by atoms with Crippen molar-refractivity contribution in [3.05, 3.63) is 60.8 Å². The first-order valence-electron chi connectivity index (χ1n) is 23.8. The highest BCUT2D eigenvalue weighted by Gasteiger charge is 2.25. The van der Waals surface area contributed by atoms with E-state index >= 15 is 0 Å². The standard InChI is InChI=1S/C49H90NO7P/c1-3-5-7-9-11-13-15-17-19-20-21-22-23-24-25-26-27-28-29-30-32-34-36-38-40-42-49(51)57-48(47-56-58(52,53)55-45-43-50)46-54-44-41-39-37-35-33-31-18-16-14-12-10-8-6-4-2/h8,10,14-17,20-21,23-24,48H,3-7,9,11-13,18-19,22,25-47,50H2,1-2H3,(H,52,53)/b10-8-,16-14-,17-15-,21-20-,24-23-. The van der Waals surface area contributed by atoms with Crippen molar-refractivity contribution in [2.24, 2.45) is 5.73 Å². The van der Waals surface area contributed by atoms with Crippen LogP contribution >= 0.6 is 7.82 Å². The molecule has 2 unspecified atom stereocenters. The maximum atomic E-state index is 12.6. The Labute approximate surface area is 357 Å². The molecule has 0 aliphatic carbocycles. The van der Waals surface area contributed by atoms with Crippen LogP contribution in [0.1, 0.15) is 206 Å². The van der Waals surface area contributed by atoms with Crippen LogP contribution in [0.4, 0.5) is 0 Å². The van der Waals surface area contributed by atoms with E-state index in [0.717, 1.165) is 70.6 Å². The van der Waals surface area contributed by atoms with Gasteiger partial charge in [-0.1, -0.05) is 184 Å². The van der Waals surface area contributed by atoms with E-state index in [1.54, 1.807) is 0 Å². The Hall–Kier alpha value is -1.80. The van der Waals surface area contributed by atoms with Gasteiger partial charge >= 0.3 is 13.8 Å². The summed E-state index contributed by atoms with van der Waals surface area (Å²) in [4.78, 5) is 22.5. The molecule has 0 saturated heterocycles. The van der Waals surface area contributed by atoms with Crippen LogP contribution in [0.25, 0.3) is 0 Å². The summed E-state index contributed by atoms with van der Waals surface area (Å²) in [7, 11) is -4.28. The summed E-state index contributed by atoms with van der Waals surface area (Å²) in [6.45, 7) is 4.82. The van der Waals surface area contributed by atoms with Crippen LogP contribution < -0.4 is 5.73 Å². The molecule has 0 saturated carbocycles. The van der Waals surface area contributed by atoms with Crippen molar-refractivity contribution in [2.75, 3.05) is 33.0 Å². The second-order valence-corrected chi connectivity index (χ2v) is 17.1. The first kappa shape index (κ1) is 56.2. The number of allylic oxidation sites excluding steroid dienone is 10. The van der Waals surface area contributed by atoms with Gasteiger partial charge in [0.15, 0.2) is 0 Å². The summed E-state index contributed by atoms with van der Waals surface area (Å²) < 4.78 is 33.5. The van der Waals surface area contributed by atoms with Crippen molar-refractivity contribution >= 4 is 13.8 Å². The third-order valence-corrected chi connectivity index (χ3v) is 10.9. The largest absolute Gasteiger partial charge is 0.472 e. The van der Waals surface area contributed by atoms with E-state index < -0.39 is 13.9 Å². The second-order valence-electron chi connectivity index (χ2n) is 15.6. The predicted molar refractivity (Wildman–Crippen MR) is 247 cm³/mol. The second kappa shape index (κ2) is 46.3. The molecule has 0 aromatic heterocycles. The third kappa shape index (κ3) is 45.3. The number of ether oxygens (including phenoxy) is 2. The van der Waals surface area contributed by atoms with Crippen LogP contribution in [0.5, 0.6) is 0 Å². The van der Waals surface area contributed by atoms with Gasteiger partial charge in [-0.15, -0.1) is 0 Å². The molecule has 0 spiro atoms. The molecular weight excluding hydrogens is 746 g/mol. The van der Waals surface area contributed by atoms with Gasteiger partial charge in [0.1, 0.15) is 6.10 Å². The lowest BCUT2D eigenvalue weighted by atomic mass is 10.0. The molecule has 0 aromatic rings. The molecule has 0 fully saturated rings. The Morgan fingerprint density at radius 3 is 1.43 bits per heavy atom. The number of phosphoric ester groups is 1. The minimum absolute atomic E-state index is 0.0956. The SMILES string of the molecule is CCC/C=C\C/C=C\CCCCCCCCOCC(COP(=O)(O)OCCN)OC(=O)CCCCCCCCCCCC/C=C\C/C=C\C/C=C\CCCCCCC. The number of carbonyl (C=O) groups excluding carboxylic acids is 1. The van der Waals surface area contributed by atoms with Crippen LogP contribution in [0.2, 0.25) is 0 Å². The summed E-state index contributed by atoms with van der Waals surface area (Å²) in [6, 6.07) is 0. The molecular formula is C49H90NO7P. The Morgan fingerprint density at radius 2 is 0.948 bits per heavy atom. The van der Waals surface area contributed by atoms with Crippen molar-refractivity contribution in [3.63, 3.8) is 0 Å². The number of phosphoric acid groups is 1. The predicted octanol–water partition coefficient (Wildman–Crippen LogP) is 14.5. The normalized spacial score (nSPS) is 13.9. The highest BCUT2D eigenvalue weighted by molar-refractivity contribution is 7.47. The van der Waals surface area contributed by atoms with Gasteiger partial charge in [-0.05, 0) is 77.0 Å². The summed E-state index contributed by atoms with van der Waals surface area (Å²) in [5.41, 5.74) is 5.37. The minimum atomic E-state index is -4.28. The quantitative estimate of drug-likeness (QED) is 0.0269. The molecule has 2 atom stereocenters. The highest BCUT2D eigenvalue weighted by Crippen LogP contribution is 2.43. The number of carbonyl (C=O) groups is 1. The third-order valence-electron chi connectivity index (χ3n) is 9.89. The molecule has 0 aliphatic heterocycles. The highest BCUT2D eigenvalue weighted by atomic mass is 31.2. The first-order valence-corrected chi connectivity index (χ1v) is 25.3. The molecule has 0 aliphatic rings. The monoisotopic (exact) mass is 836 g/mol. The van der Waals surface area contributed by atoms with E-state index in [2.05, 4.69) is 74.6 Å². The fraction of sp³-hybridized carbons (Fsp3) is 0.776. The van der Waals surface area contributed by atoms with Crippen molar-refractivity contribution in [3.8, 4) is 0 Å². The van der Waals surface area contributed by atoms with Gasteiger partial charge < -0.3 is 20.1 Å². The van der Waals surface area contributed by atoms with Crippen molar-refractivity contribution in [1.29, 1.82) is 0 Å². The average Bonchev–Trinajstić information content (AvgIpc) is 3.21. The molecule has 0 heterocycles. The summed E-state index contributed by atoms with van der Waals surface area (Å²) >= 11 is 0. The fourth-order valence-corrected chi connectivity index (χ4v) is 7.16. The van der Waals surface area contributed by atoms with Gasteiger partial charge in [-0.3, -0.25) is 13.8 Å². The Morgan fingerprint density at radius 1 is 0.517 bits per heavy atom. The number of rotatable bonds is 45. The molecule has 338 valence electrons. The number of hydrogen-bond donors (Lipinski definition) is 2. The molecule has 58 heavy (non-hydrogen) atoms. The zero-order valence-corrected chi connectivity index (χ0v) is 38.4. The Kier molecular flexibility index (Phi) is 44.8. The van der Waals surface area contributed by atoms with Gasteiger partial charge in [0.25, 0.3) is 0 Å². The van der Waals surface area contributed by atoms with Gasteiger partial charge in [0.2, 0.25) is 0 Å². The molecule has 3 N–H and O–H groups in total. The van der Waals surface area contributed by atoms with Crippen LogP contribution in [-0.2, 0) is 27.9 Å². The zero-order valence-electron chi connectivity index (χ0n) is 37.5. The van der Waals surface area contributed by atoms with Gasteiger partial charge in [-0.2, -0.15) is 0 Å². The molecule has 0 radical (unpaired) electrons. The number of esters is 1. The maximum absolute atomic E-state index is 12.6. The molecule has 0 rings (SSSR count). The van der Waals surface area contributed by atoms with Crippen LogP contribution in [0, 0.1) is 0 Å². The van der Waals surface area contributed by atoms with E-state index in [1.807, 2.05) is 0 Å². The minimum Gasteiger partial charge on any atom is -0.457 e. The van der Waals surface area contributed by atoms with E-state index in [-0.39, 0.29) is 32.3 Å². The molecule has 0 amide bonds. The van der Waals surface area contributed by atoms with Crippen molar-refractivity contribution < 1.29 is 32.8 Å². The lowest BCUT2D eigenvalue weighted by Gasteiger charge is -2.20. The van der Waals surface area contributed by atoms with Crippen molar-refractivity contribution in [1.82, 2.24) is 0 Å². The van der Waals surface area contributed by atoms with E-state index in [9.17, 15) is 14.3 Å². The Bertz CT molecular complexity index is 1070. The first-order chi connectivity index (χ1) is 28.4. The number of nitrogens with two attached hydrogens (primary N) is 1. The van der Waals surface area contributed by atoms with Gasteiger partial charge in [0, 0.05) is 19.6 Å². The van der Waals surface area contributed by atoms with Gasteiger partial charge in [0.05, 0.1) is 19.8 Å². The van der Waals surface area contributed by atoms with Crippen LogP contribution in [0.3, 0.4) is 0 Å². The van der Waals surface area contributed by atoms with Crippen LogP contribution in [0.15, 0.2) is 60.8 Å². The van der Waals surface area contributed by atoms with Gasteiger partial charge in [-0.25, -0.2) is 4.57 Å². The van der Waals surface area contributed by atoms with E-state index in [4.69, 9.17) is 24.3 Å². The summed E-state index contributed by atoms with van der Waals surface area (Å²) in [5.74, 6) is -0.339. The maximum Gasteiger partial charge on any atom is 0.472 e. The molecule has 0 bridgehead atoms. The topological polar surface area (TPSA) is 117 Å². The lowest BCUT2D eigenvalue weighted by molar-refractivity contribution is -0.154. The molecule has 8 nitrogen and oxygen atoms in total. The number of hydrogen-bond acceptors (Lipinski definition) is 7. The van der Waals surface area contributed by atoms with E-state index in [0.29, 0.717) is 13.0 Å². The number of unbranched alkanes of at least 4 members (excludes halogenated alkanes) is 22. The fourth-order valence-electron chi connectivity index (χ4n) is 6.39. The molecule has 9 heteroatoms. The van der Waals surface area contributed by atoms with E-state index in [1.165, 1.54) is 116 Å². The summed E-state index contributed by atoms with van der Waals surface area (Å²) in [6.07, 6.45) is 56.7. The molecule has 0 aromatic carbocycles. The smallest absolute Gasteiger partial charge is 0.457 e.